The highest BCUT2D eigenvalue weighted by molar-refractivity contribution is 4.82. The number of hydrogen-bond donors (Lipinski definition) is 1. The van der Waals surface area contributed by atoms with Gasteiger partial charge in [-0.2, -0.15) is 0 Å². The van der Waals surface area contributed by atoms with E-state index < -0.39 is 0 Å². The molecule has 1 N–H and O–H groups in total. The van der Waals surface area contributed by atoms with E-state index in [4.69, 9.17) is 0 Å². The fourth-order valence-corrected chi connectivity index (χ4v) is 2.16. The second kappa shape index (κ2) is 6.20. The van der Waals surface area contributed by atoms with Crippen molar-refractivity contribution in [3.05, 3.63) is 12.7 Å². The molecule has 0 aromatic rings. The van der Waals surface area contributed by atoms with Crippen molar-refractivity contribution in [2.75, 3.05) is 26.7 Å². The number of hydrogen-bond acceptors (Lipinski definition) is 2. The monoisotopic (exact) mass is 196 g/mol. The predicted molar refractivity (Wildman–Crippen MR) is 62.5 cm³/mol. The van der Waals surface area contributed by atoms with Crippen LogP contribution in [0.5, 0.6) is 0 Å². The van der Waals surface area contributed by atoms with Gasteiger partial charge in [-0.05, 0) is 52.2 Å². The zero-order chi connectivity index (χ0) is 10.4. The molecule has 0 aromatic carbocycles. The van der Waals surface area contributed by atoms with Crippen LogP contribution in [0.2, 0.25) is 0 Å². The summed E-state index contributed by atoms with van der Waals surface area (Å²) in [5.41, 5.74) is 0. The largest absolute Gasteiger partial charge is 0.314 e. The molecular formula is C12H24N2. The van der Waals surface area contributed by atoms with E-state index in [1.165, 1.54) is 32.5 Å². The molecule has 2 nitrogen and oxygen atoms in total. The highest BCUT2D eigenvalue weighted by Gasteiger charge is 2.23. The maximum atomic E-state index is 3.74. The second-order valence-electron chi connectivity index (χ2n) is 4.48. The van der Waals surface area contributed by atoms with Gasteiger partial charge in [0.25, 0.3) is 0 Å². The molecule has 1 saturated heterocycles. The molecule has 0 aromatic heterocycles. The summed E-state index contributed by atoms with van der Waals surface area (Å²) in [7, 11) is 2.23. The molecule has 0 spiro atoms. The molecule has 0 aliphatic carbocycles. The summed E-state index contributed by atoms with van der Waals surface area (Å²) < 4.78 is 0. The first-order valence-electron chi connectivity index (χ1n) is 5.77. The van der Waals surface area contributed by atoms with E-state index in [0.717, 1.165) is 12.3 Å². The molecule has 0 radical (unpaired) electrons. The highest BCUT2D eigenvalue weighted by Crippen LogP contribution is 2.15. The minimum atomic E-state index is 0.705. The van der Waals surface area contributed by atoms with Gasteiger partial charge in [-0.25, -0.2) is 0 Å². The van der Waals surface area contributed by atoms with Gasteiger partial charge < -0.3 is 10.2 Å². The Balaban J connectivity index is 2.12. The van der Waals surface area contributed by atoms with Crippen LogP contribution in [0.15, 0.2) is 12.7 Å². The van der Waals surface area contributed by atoms with Gasteiger partial charge in [-0.3, -0.25) is 0 Å². The summed E-state index contributed by atoms with van der Waals surface area (Å²) in [6.45, 7) is 9.69. The fourth-order valence-electron chi connectivity index (χ4n) is 2.16. The van der Waals surface area contributed by atoms with E-state index in [0.29, 0.717) is 6.04 Å². The van der Waals surface area contributed by atoms with Crippen LogP contribution in [0.4, 0.5) is 0 Å². The Morgan fingerprint density at radius 2 is 2.36 bits per heavy atom. The summed E-state index contributed by atoms with van der Waals surface area (Å²) in [6.07, 6.45) is 5.73. The first kappa shape index (κ1) is 11.7. The maximum Gasteiger partial charge on any atom is 0.00796 e. The second-order valence-corrected chi connectivity index (χ2v) is 4.48. The van der Waals surface area contributed by atoms with Crippen LogP contribution >= 0.6 is 0 Å². The Kier molecular flexibility index (Phi) is 5.20. The molecule has 2 heteroatoms. The Hall–Kier alpha value is -0.340. The Bertz CT molecular complexity index is 168. The number of unbranched alkanes of at least 4 members (excludes halogenated alkanes) is 1. The smallest absolute Gasteiger partial charge is 0.00796 e. The van der Waals surface area contributed by atoms with E-state index >= 15 is 0 Å². The van der Waals surface area contributed by atoms with Gasteiger partial charge in [0.15, 0.2) is 0 Å². The van der Waals surface area contributed by atoms with Gasteiger partial charge in [0.2, 0.25) is 0 Å². The lowest BCUT2D eigenvalue weighted by Gasteiger charge is -2.23. The van der Waals surface area contributed by atoms with E-state index in [1.54, 1.807) is 0 Å². The van der Waals surface area contributed by atoms with Crippen LogP contribution in [0.1, 0.15) is 26.2 Å². The third kappa shape index (κ3) is 3.81. The van der Waals surface area contributed by atoms with Crippen molar-refractivity contribution in [3.8, 4) is 0 Å². The number of rotatable bonds is 6. The minimum absolute atomic E-state index is 0.705. The lowest BCUT2D eigenvalue weighted by atomic mass is 10.0. The molecule has 0 saturated carbocycles. The van der Waals surface area contributed by atoms with Crippen LogP contribution in [0.25, 0.3) is 0 Å². The minimum Gasteiger partial charge on any atom is -0.314 e. The average molecular weight is 196 g/mol. The van der Waals surface area contributed by atoms with Crippen molar-refractivity contribution in [2.45, 2.75) is 32.2 Å². The molecule has 1 aliphatic heterocycles. The van der Waals surface area contributed by atoms with Gasteiger partial charge >= 0.3 is 0 Å². The van der Waals surface area contributed by atoms with Gasteiger partial charge in [0, 0.05) is 12.6 Å². The SMILES string of the molecule is C=CCCCN(C)CC1CCNC1C. The molecule has 2 atom stereocenters. The molecular weight excluding hydrogens is 172 g/mol. The quantitative estimate of drug-likeness (QED) is 0.515. The lowest BCUT2D eigenvalue weighted by Crippen LogP contribution is -2.32. The molecule has 0 bridgehead atoms. The van der Waals surface area contributed by atoms with Crippen LogP contribution in [-0.4, -0.2) is 37.6 Å². The van der Waals surface area contributed by atoms with E-state index in [1.807, 2.05) is 6.08 Å². The van der Waals surface area contributed by atoms with Crippen LogP contribution in [0, 0.1) is 5.92 Å². The van der Waals surface area contributed by atoms with Crippen molar-refractivity contribution in [1.29, 1.82) is 0 Å². The van der Waals surface area contributed by atoms with Gasteiger partial charge in [-0.15, -0.1) is 6.58 Å². The predicted octanol–water partition coefficient (Wildman–Crippen LogP) is 1.88. The normalized spacial score (nSPS) is 27.1. The van der Waals surface area contributed by atoms with Crippen molar-refractivity contribution in [2.24, 2.45) is 5.92 Å². The van der Waals surface area contributed by atoms with E-state index in [2.05, 4.69) is 30.8 Å². The summed E-state index contributed by atoms with van der Waals surface area (Å²) >= 11 is 0. The molecule has 14 heavy (non-hydrogen) atoms. The van der Waals surface area contributed by atoms with E-state index in [-0.39, 0.29) is 0 Å². The van der Waals surface area contributed by atoms with Crippen molar-refractivity contribution in [3.63, 3.8) is 0 Å². The Morgan fingerprint density at radius 3 is 2.93 bits per heavy atom. The third-order valence-electron chi connectivity index (χ3n) is 3.18. The molecule has 82 valence electrons. The third-order valence-corrected chi connectivity index (χ3v) is 3.18. The number of nitrogens with zero attached hydrogens (tertiary/aromatic N) is 1. The summed E-state index contributed by atoms with van der Waals surface area (Å²) in [6, 6.07) is 0.705. The topological polar surface area (TPSA) is 15.3 Å². The van der Waals surface area contributed by atoms with Crippen LogP contribution in [0.3, 0.4) is 0 Å². The summed E-state index contributed by atoms with van der Waals surface area (Å²) in [5, 5.41) is 3.50. The van der Waals surface area contributed by atoms with Crippen LogP contribution in [-0.2, 0) is 0 Å². The first-order chi connectivity index (χ1) is 6.74. The Morgan fingerprint density at radius 1 is 1.57 bits per heavy atom. The first-order valence-corrected chi connectivity index (χ1v) is 5.77. The lowest BCUT2D eigenvalue weighted by molar-refractivity contribution is 0.264. The maximum absolute atomic E-state index is 3.74. The molecule has 2 unspecified atom stereocenters. The average Bonchev–Trinajstić information content (AvgIpc) is 2.52. The molecule has 0 amide bonds. The standard InChI is InChI=1S/C12H24N2/c1-4-5-6-9-14(3)10-12-7-8-13-11(12)2/h4,11-13H,1,5-10H2,2-3H3. The molecule has 1 heterocycles. The van der Waals surface area contributed by atoms with Gasteiger partial charge in [0.05, 0.1) is 0 Å². The van der Waals surface area contributed by atoms with Crippen LogP contribution < -0.4 is 5.32 Å². The highest BCUT2D eigenvalue weighted by atomic mass is 15.1. The van der Waals surface area contributed by atoms with Gasteiger partial charge in [0.1, 0.15) is 0 Å². The Labute approximate surface area is 88.4 Å². The molecule has 1 aliphatic rings. The molecule has 1 rings (SSSR count). The van der Waals surface area contributed by atoms with Crippen molar-refractivity contribution < 1.29 is 0 Å². The van der Waals surface area contributed by atoms with Gasteiger partial charge in [-0.1, -0.05) is 6.08 Å². The number of nitrogens with one attached hydrogen (secondary N) is 1. The molecule has 1 fully saturated rings. The van der Waals surface area contributed by atoms with Crippen molar-refractivity contribution >= 4 is 0 Å². The van der Waals surface area contributed by atoms with E-state index in [9.17, 15) is 0 Å². The summed E-state index contributed by atoms with van der Waals surface area (Å²) in [5.74, 6) is 0.851. The number of allylic oxidation sites excluding steroid dienone is 1. The summed E-state index contributed by atoms with van der Waals surface area (Å²) in [4.78, 5) is 2.46. The zero-order valence-electron chi connectivity index (χ0n) is 9.63. The fraction of sp³-hybridized carbons (Fsp3) is 0.833. The van der Waals surface area contributed by atoms with Crippen molar-refractivity contribution in [1.82, 2.24) is 10.2 Å². The zero-order valence-corrected chi connectivity index (χ0v) is 9.63.